The number of carbonyl (C=O) groups excluding carboxylic acids is 1. The number of benzene rings is 1. The zero-order valence-electron chi connectivity index (χ0n) is 14.7. The third kappa shape index (κ3) is 3.51. The van der Waals surface area contributed by atoms with Gasteiger partial charge in [0, 0.05) is 0 Å². The number of aromatic carboxylic acids is 1. The maximum Gasteiger partial charge on any atom is 0.430 e. The largest absolute Gasteiger partial charge is 0.669 e. The van der Waals surface area contributed by atoms with Gasteiger partial charge in [0.05, 0.1) is 25.3 Å². The molecule has 1 saturated heterocycles. The van der Waals surface area contributed by atoms with Crippen molar-refractivity contribution < 1.29 is 34.1 Å². The molecule has 1 aromatic heterocycles. The molecule has 0 aliphatic carbocycles. The number of hydrogen-bond acceptors (Lipinski definition) is 8. The molecule has 2 aliphatic rings. The Balaban J connectivity index is 1.45. The van der Waals surface area contributed by atoms with Crippen LogP contribution in [0.4, 0.5) is 0 Å². The molecule has 3 heterocycles. The number of rotatable bonds is 5. The third-order valence-electron chi connectivity index (χ3n) is 4.78. The molecule has 0 spiro atoms. The highest BCUT2D eigenvalue weighted by Crippen LogP contribution is 2.38. The van der Waals surface area contributed by atoms with Crippen LogP contribution in [-0.4, -0.2) is 73.1 Å². The van der Waals surface area contributed by atoms with Crippen molar-refractivity contribution in [3.05, 3.63) is 35.4 Å². The molecule has 0 unspecified atom stereocenters. The first kappa shape index (κ1) is 18.3. The van der Waals surface area contributed by atoms with Gasteiger partial charge in [-0.25, -0.2) is 9.78 Å². The second-order valence-electron chi connectivity index (χ2n) is 6.88. The molecule has 1 amide bonds. The Bertz CT molecular complexity index is 912. The Labute approximate surface area is 158 Å². The summed E-state index contributed by atoms with van der Waals surface area (Å²) in [6, 6.07) is 3.17. The lowest BCUT2D eigenvalue weighted by Gasteiger charge is -2.40. The van der Waals surface area contributed by atoms with Crippen LogP contribution in [0.2, 0.25) is 6.32 Å². The smallest absolute Gasteiger partial charge is 0.430 e. The van der Waals surface area contributed by atoms with E-state index in [0.717, 1.165) is 0 Å². The number of nitrogens with zero attached hydrogens (tertiary/aromatic N) is 3. The number of carboxylic acid groups (broad SMARTS) is 1. The summed E-state index contributed by atoms with van der Waals surface area (Å²) in [6.07, 6.45) is 1.37. The van der Waals surface area contributed by atoms with E-state index >= 15 is 0 Å². The molecule has 12 heteroatoms. The molecule has 11 nitrogen and oxygen atoms in total. The SMILES string of the molecule is O=C(O)c1c(OC2CN(C(=O)Cc3nc[nH]n3)C2)ccc2c1O[B-](O)(O)CC2. The molecule has 148 valence electrons. The molecule has 4 N–H and O–H groups in total. The van der Waals surface area contributed by atoms with Crippen molar-refractivity contribution >= 4 is 18.6 Å². The van der Waals surface area contributed by atoms with E-state index in [1.54, 1.807) is 11.0 Å². The van der Waals surface area contributed by atoms with Gasteiger partial charge in [0.1, 0.15) is 23.7 Å². The Hall–Kier alpha value is -3.12. The highest BCUT2D eigenvalue weighted by molar-refractivity contribution is 6.59. The number of likely N-dealkylation sites (tertiary alicyclic amines) is 1. The lowest BCUT2D eigenvalue weighted by atomic mass is 9.70. The first-order valence-electron chi connectivity index (χ1n) is 8.80. The molecule has 1 fully saturated rings. The monoisotopic (exact) mass is 389 g/mol. The zero-order valence-corrected chi connectivity index (χ0v) is 14.7. The van der Waals surface area contributed by atoms with Crippen LogP contribution in [0.5, 0.6) is 11.5 Å². The first-order valence-corrected chi connectivity index (χ1v) is 8.80. The van der Waals surface area contributed by atoms with Crippen LogP contribution >= 0.6 is 0 Å². The van der Waals surface area contributed by atoms with Crippen LogP contribution in [0.3, 0.4) is 0 Å². The molecular weight excluding hydrogens is 371 g/mol. The fourth-order valence-corrected chi connectivity index (χ4v) is 3.29. The number of aromatic nitrogens is 3. The summed E-state index contributed by atoms with van der Waals surface area (Å²) in [5.41, 5.74) is 0.319. The van der Waals surface area contributed by atoms with Gasteiger partial charge in [-0.15, -0.1) is 0 Å². The highest BCUT2D eigenvalue weighted by atomic mass is 16.6. The number of aromatic amines is 1. The van der Waals surface area contributed by atoms with Crippen LogP contribution in [-0.2, 0) is 17.6 Å². The summed E-state index contributed by atoms with van der Waals surface area (Å²) in [7, 11) is 0. The van der Waals surface area contributed by atoms with Crippen molar-refractivity contribution in [1.29, 1.82) is 0 Å². The summed E-state index contributed by atoms with van der Waals surface area (Å²) < 4.78 is 10.9. The number of amides is 1. The quantitative estimate of drug-likeness (QED) is 0.480. The van der Waals surface area contributed by atoms with Crippen molar-refractivity contribution in [3.8, 4) is 11.5 Å². The fourth-order valence-electron chi connectivity index (χ4n) is 3.29. The zero-order chi connectivity index (χ0) is 19.9. The molecule has 0 radical (unpaired) electrons. The van der Waals surface area contributed by atoms with Gasteiger partial charge in [0.2, 0.25) is 5.91 Å². The molecule has 0 bridgehead atoms. The maximum atomic E-state index is 12.1. The summed E-state index contributed by atoms with van der Waals surface area (Å²) >= 11 is 0. The van der Waals surface area contributed by atoms with E-state index in [0.29, 0.717) is 24.5 Å². The van der Waals surface area contributed by atoms with E-state index in [-0.39, 0.29) is 48.2 Å². The minimum atomic E-state index is -3.10. The van der Waals surface area contributed by atoms with E-state index < -0.39 is 12.7 Å². The van der Waals surface area contributed by atoms with E-state index in [2.05, 4.69) is 15.2 Å². The highest BCUT2D eigenvalue weighted by Gasteiger charge is 2.36. The van der Waals surface area contributed by atoms with E-state index in [1.165, 1.54) is 12.4 Å². The molecule has 2 aliphatic heterocycles. The van der Waals surface area contributed by atoms with Gasteiger partial charge in [-0.2, -0.15) is 5.10 Å². The van der Waals surface area contributed by atoms with Gasteiger partial charge in [-0.1, -0.05) is 12.4 Å². The lowest BCUT2D eigenvalue weighted by molar-refractivity contribution is -0.139. The molecule has 2 aromatic rings. The van der Waals surface area contributed by atoms with Crippen LogP contribution in [0.1, 0.15) is 21.7 Å². The molecule has 28 heavy (non-hydrogen) atoms. The maximum absolute atomic E-state index is 12.1. The van der Waals surface area contributed by atoms with Gasteiger partial charge in [-0.05, 0) is 18.1 Å². The number of nitrogens with one attached hydrogen (secondary N) is 1. The summed E-state index contributed by atoms with van der Waals surface area (Å²) in [6.45, 7) is -2.50. The average Bonchev–Trinajstić information content (AvgIpc) is 3.08. The fraction of sp³-hybridized carbons (Fsp3) is 0.375. The number of aryl methyl sites for hydroxylation is 1. The van der Waals surface area contributed by atoms with Gasteiger partial charge in [0.15, 0.2) is 5.82 Å². The Morgan fingerprint density at radius 2 is 2.14 bits per heavy atom. The number of hydrogen-bond donors (Lipinski definition) is 4. The van der Waals surface area contributed by atoms with E-state index in [4.69, 9.17) is 9.39 Å². The van der Waals surface area contributed by atoms with Gasteiger partial charge in [-0.3, -0.25) is 9.89 Å². The molecular formula is C16H18BN4O7-. The second-order valence-corrected chi connectivity index (χ2v) is 6.88. The van der Waals surface area contributed by atoms with Crippen LogP contribution < -0.4 is 9.39 Å². The Morgan fingerprint density at radius 3 is 2.82 bits per heavy atom. The normalized spacial score (nSPS) is 18.0. The number of fused-ring (bicyclic) bond motifs is 1. The topological polar surface area (TPSA) is 158 Å². The van der Waals surface area contributed by atoms with Gasteiger partial charge < -0.3 is 29.4 Å². The minimum absolute atomic E-state index is 0.00316. The Kier molecular flexibility index (Phi) is 4.44. The van der Waals surface area contributed by atoms with Gasteiger partial charge in [0.25, 0.3) is 0 Å². The van der Waals surface area contributed by atoms with Crippen LogP contribution in [0.15, 0.2) is 18.5 Å². The predicted octanol–water partition coefficient (Wildman–Crippen LogP) is -0.806. The number of H-pyrrole nitrogens is 1. The molecule has 0 saturated carbocycles. The van der Waals surface area contributed by atoms with Crippen LogP contribution in [0, 0.1) is 0 Å². The van der Waals surface area contributed by atoms with Crippen molar-refractivity contribution in [2.45, 2.75) is 25.3 Å². The van der Waals surface area contributed by atoms with Crippen LogP contribution in [0.25, 0.3) is 0 Å². The van der Waals surface area contributed by atoms with Crippen molar-refractivity contribution in [1.82, 2.24) is 20.1 Å². The lowest BCUT2D eigenvalue weighted by Crippen LogP contribution is -2.56. The van der Waals surface area contributed by atoms with Crippen molar-refractivity contribution in [3.63, 3.8) is 0 Å². The summed E-state index contributed by atoms with van der Waals surface area (Å²) in [4.78, 5) is 29.3. The van der Waals surface area contributed by atoms with Gasteiger partial charge >= 0.3 is 12.7 Å². The minimum Gasteiger partial charge on any atom is -0.669 e. The number of carboxylic acids is 1. The number of ether oxygens (including phenoxy) is 1. The predicted molar refractivity (Wildman–Crippen MR) is 93.8 cm³/mol. The second kappa shape index (κ2) is 6.80. The summed E-state index contributed by atoms with van der Waals surface area (Å²) in [5.74, 6) is -1.08. The van der Waals surface area contributed by atoms with E-state index in [9.17, 15) is 24.7 Å². The molecule has 0 atom stereocenters. The average molecular weight is 389 g/mol. The third-order valence-corrected chi connectivity index (χ3v) is 4.78. The van der Waals surface area contributed by atoms with Crippen molar-refractivity contribution in [2.75, 3.05) is 13.1 Å². The van der Waals surface area contributed by atoms with E-state index in [1.807, 2.05) is 0 Å². The van der Waals surface area contributed by atoms with Crippen molar-refractivity contribution in [2.24, 2.45) is 0 Å². The number of carbonyl (C=O) groups is 2. The Morgan fingerprint density at radius 1 is 1.36 bits per heavy atom. The standard InChI is InChI=1S/C16H18BN4O7/c22-13(5-12-18-8-19-20-12)21-6-10(7-21)27-11-2-1-9-3-4-17(25,26)28-15(9)14(11)16(23)24/h1-2,8,10,25-26H,3-7H2,(H,23,24)(H,18,19,20)/q-1. The first-order chi connectivity index (χ1) is 13.3. The molecule has 4 rings (SSSR count). The molecule has 1 aromatic carbocycles. The summed E-state index contributed by atoms with van der Waals surface area (Å²) in [5, 5.41) is 35.5.